The first kappa shape index (κ1) is 30.6. The number of allylic oxidation sites excluding steroid dienone is 1. The summed E-state index contributed by atoms with van der Waals surface area (Å²) < 4.78 is 5.04. The Morgan fingerprint density at radius 1 is 0.912 bits per heavy atom. The van der Waals surface area contributed by atoms with Crippen molar-refractivity contribution < 1.29 is 19.4 Å². The third-order valence-corrected chi connectivity index (χ3v) is 8.62. The van der Waals surface area contributed by atoms with Gasteiger partial charge in [0.05, 0.1) is 9.49 Å². The van der Waals surface area contributed by atoms with Crippen LogP contribution in [0.25, 0.3) is 0 Å². The molecule has 0 aromatic heterocycles. The molecule has 0 saturated carbocycles. The summed E-state index contributed by atoms with van der Waals surface area (Å²) in [5, 5.41) is 10.3. The average molecular weight is 509 g/mol. The van der Waals surface area contributed by atoms with Crippen molar-refractivity contribution in [3.8, 4) is 0 Å². The van der Waals surface area contributed by atoms with E-state index in [-0.39, 0.29) is 20.7 Å². The third-order valence-electron chi connectivity index (χ3n) is 6.17. The second kappa shape index (κ2) is 15.6. The Bertz CT molecular complexity index is 770. The summed E-state index contributed by atoms with van der Waals surface area (Å²) in [6.45, 7) is 16.2. The predicted octanol–water partition coefficient (Wildman–Crippen LogP) is 8.45. The lowest BCUT2D eigenvalue weighted by Crippen LogP contribution is -2.22. The van der Waals surface area contributed by atoms with Gasteiger partial charge in [-0.15, -0.1) is 6.58 Å². The Hall–Kier alpha value is -1.40. The van der Waals surface area contributed by atoms with Crippen LogP contribution in [-0.2, 0) is 14.3 Å². The van der Waals surface area contributed by atoms with E-state index >= 15 is 0 Å². The van der Waals surface area contributed by atoms with Gasteiger partial charge in [0.25, 0.3) is 0 Å². The summed E-state index contributed by atoms with van der Waals surface area (Å²) in [6, 6.07) is 0. The molecule has 0 aromatic rings. The molecule has 0 unspecified atom stereocenters. The molecule has 0 fully saturated rings. The second-order valence-electron chi connectivity index (χ2n) is 9.32. The molecule has 0 amide bonds. The zero-order valence-corrected chi connectivity index (χ0v) is 23.3. The van der Waals surface area contributed by atoms with E-state index in [1.54, 1.807) is 18.2 Å². The lowest BCUT2D eigenvalue weighted by Gasteiger charge is -2.25. The molecule has 0 saturated heterocycles. The molecule has 2 heterocycles. The number of carbonyl (C=O) groups excluding carboxylic acids is 2. The third kappa shape index (κ3) is 9.33. The van der Waals surface area contributed by atoms with Crippen molar-refractivity contribution in [2.45, 2.75) is 108 Å². The molecule has 2 rings (SSSR count). The Kier molecular flexibility index (Phi) is 14.0. The summed E-state index contributed by atoms with van der Waals surface area (Å²) in [7, 11) is 0. The fourth-order valence-corrected chi connectivity index (χ4v) is 6.33. The van der Waals surface area contributed by atoms with Crippen LogP contribution in [0.1, 0.15) is 98.3 Å². The van der Waals surface area contributed by atoms with Gasteiger partial charge >= 0.3 is 0 Å². The number of rotatable bonds is 15. The van der Waals surface area contributed by atoms with Crippen molar-refractivity contribution in [1.82, 2.24) is 0 Å². The minimum absolute atomic E-state index is 0.0143. The fraction of sp³-hybridized carbons (Fsp3) is 0.643. The molecule has 0 radical (unpaired) electrons. The molecule has 6 heteroatoms. The standard InChI is InChI=1S/2C14H22O2S/c1-4-6-7-8-9-14(3)12(16-10-5-2)11-13(15)17-14;1-4-6-7-8-10-14(3)12(15)11(9-5-2)13(16)17-14/h5,11H,2,4,6-10H2,1,3H3;5,15H,2,4,6-10H2,1,3H3/t2*14-/m11/s1. The van der Waals surface area contributed by atoms with Gasteiger partial charge in [-0.3, -0.25) is 9.59 Å². The van der Waals surface area contributed by atoms with Gasteiger partial charge in [-0.05, 0) is 33.1 Å². The molecule has 0 aromatic carbocycles. The molecule has 0 aliphatic carbocycles. The van der Waals surface area contributed by atoms with E-state index in [0.29, 0.717) is 18.6 Å². The van der Waals surface area contributed by atoms with Gasteiger partial charge in [0.1, 0.15) is 18.1 Å². The Morgan fingerprint density at radius 2 is 1.50 bits per heavy atom. The summed E-state index contributed by atoms with van der Waals surface area (Å²) in [5.41, 5.74) is 0.544. The van der Waals surface area contributed by atoms with Gasteiger partial charge in [-0.2, -0.15) is 0 Å². The van der Waals surface area contributed by atoms with Crippen LogP contribution >= 0.6 is 23.5 Å². The number of hydrogen-bond acceptors (Lipinski definition) is 6. The van der Waals surface area contributed by atoms with Crippen molar-refractivity contribution in [1.29, 1.82) is 0 Å². The lowest BCUT2D eigenvalue weighted by atomic mass is 9.96. The lowest BCUT2D eigenvalue weighted by molar-refractivity contribution is -0.108. The zero-order chi connectivity index (χ0) is 25.6. The highest BCUT2D eigenvalue weighted by molar-refractivity contribution is 8.16. The summed E-state index contributed by atoms with van der Waals surface area (Å²) >= 11 is 2.66. The summed E-state index contributed by atoms with van der Waals surface area (Å²) in [6.07, 6.45) is 16.9. The molecule has 192 valence electrons. The highest BCUT2D eigenvalue weighted by Gasteiger charge is 2.42. The van der Waals surface area contributed by atoms with Gasteiger partial charge in [-0.25, -0.2) is 0 Å². The van der Waals surface area contributed by atoms with Crippen LogP contribution in [0.3, 0.4) is 0 Å². The molecule has 4 nitrogen and oxygen atoms in total. The maximum atomic E-state index is 11.8. The first-order valence-corrected chi connectivity index (χ1v) is 14.3. The molecule has 2 aliphatic heterocycles. The van der Waals surface area contributed by atoms with Gasteiger partial charge in [0.2, 0.25) is 10.2 Å². The zero-order valence-electron chi connectivity index (χ0n) is 21.6. The second-order valence-corrected chi connectivity index (χ2v) is 12.3. The number of aliphatic hydroxyl groups excluding tert-OH is 1. The molecule has 34 heavy (non-hydrogen) atoms. The molecule has 0 bridgehead atoms. The number of thioether (sulfide) groups is 2. The van der Waals surface area contributed by atoms with Crippen LogP contribution < -0.4 is 0 Å². The molecular weight excluding hydrogens is 464 g/mol. The predicted molar refractivity (Wildman–Crippen MR) is 148 cm³/mol. The molecule has 2 aliphatic rings. The summed E-state index contributed by atoms with van der Waals surface area (Å²) in [4.78, 5) is 23.3. The quantitative estimate of drug-likeness (QED) is 0.177. The Morgan fingerprint density at radius 3 is 2.03 bits per heavy atom. The molecular formula is C28H44O4S2. The van der Waals surface area contributed by atoms with E-state index in [0.717, 1.165) is 31.4 Å². The van der Waals surface area contributed by atoms with Gasteiger partial charge in [-0.1, -0.05) is 107 Å². The monoisotopic (exact) mass is 508 g/mol. The minimum atomic E-state index is -0.400. The SMILES string of the molecule is C=CCC1=C(O)[C@@](C)(CCCCCC)SC1=O.C=CCOC1=CC(=O)S[C@]1(C)CCCCCC. The van der Waals surface area contributed by atoms with E-state index in [2.05, 4.69) is 33.9 Å². The van der Waals surface area contributed by atoms with Crippen LogP contribution in [0.4, 0.5) is 0 Å². The highest BCUT2D eigenvalue weighted by atomic mass is 32.2. The van der Waals surface area contributed by atoms with Crippen LogP contribution in [-0.4, -0.2) is 31.4 Å². The van der Waals surface area contributed by atoms with Gasteiger partial charge < -0.3 is 9.84 Å². The van der Waals surface area contributed by atoms with Gasteiger partial charge in [0.15, 0.2) is 0 Å². The normalized spacial score (nSPS) is 24.1. The van der Waals surface area contributed by atoms with Crippen molar-refractivity contribution in [3.63, 3.8) is 0 Å². The van der Waals surface area contributed by atoms with E-state index < -0.39 is 4.75 Å². The number of carbonyl (C=O) groups is 2. The van der Waals surface area contributed by atoms with Gasteiger partial charge in [0, 0.05) is 11.6 Å². The van der Waals surface area contributed by atoms with E-state index in [1.807, 2.05) is 6.92 Å². The number of ether oxygens (including phenoxy) is 1. The van der Waals surface area contributed by atoms with Crippen LogP contribution in [0, 0.1) is 0 Å². The number of hydrogen-bond donors (Lipinski definition) is 1. The Balaban J connectivity index is 0.000000340. The van der Waals surface area contributed by atoms with Crippen molar-refractivity contribution in [2.75, 3.05) is 6.61 Å². The summed E-state index contributed by atoms with van der Waals surface area (Å²) in [5.74, 6) is 1.10. The van der Waals surface area contributed by atoms with Crippen molar-refractivity contribution in [2.24, 2.45) is 0 Å². The largest absolute Gasteiger partial charge is 0.510 e. The minimum Gasteiger partial charge on any atom is -0.510 e. The number of aliphatic hydroxyl groups is 1. The first-order valence-electron chi connectivity index (χ1n) is 12.6. The van der Waals surface area contributed by atoms with E-state index in [4.69, 9.17) is 4.74 Å². The van der Waals surface area contributed by atoms with Crippen molar-refractivity contribution >= 4 is 33.8 Å². The molecule has 1 N–H and O–H groups in total. The molecule has 2 atom stereocenters. The maximum Gasteiger partial charge on any atom is 0.220 e. The highest BCUT2D eigenvalue weighted by Crippen LogP contribution is 2.46. The van der Waals surface area contributed by atoms with Crippen LogP contribution in [0.5, 0.6) is 0 Å². The fourth-order valence-electron chi connectivity index (χ4n) is 4.08. The van der Waals surface area contributed by atoms with Crippen LogP contribution in [0.15, 0.2) is 48.5 Å². The average Bonchev–Trinajstić information content (AvgIpc) is 3.20. The smallest absolute Gasteiger partial charge is 0.220 e. The van der Waals surface area contributed by atoms with E-state index in [1.165, 1.54) is 62.0 Å². The maximum absolute atomic E-state index is 11.8. The van der Waals surface area contributed by atoms with Crippen molar-refractivity contribution in [3.05, 3.63) is 48.5 Å². The topological polar surface area (TPSA) is 63.6 Å². The number of unbranched alkanes of at least 4 members (excludes halogenated alkanes) is 6. The Labute approximate surface area is 215 Å². The van der Waals surface area contributed by atoms with Crippen LogP contribution in [0.2, 0.25) is 0 Å². The molecule has 0 spiro atoms. The first-order chi connectivity index (χ1) is 16.2. The van der Waals surface area contributed by atoms with E-state index in [9.17, 15) is 14.7 Å².